The maximum atomic E-state index is 6.28. The summed E-state index contributed by atoms with van der Waals surface area (Å²) in [5.41, 5.74) is 7.49. The minimum absolute atomic E-state index is 0.490. The topological polar surface area (TPSA) is 94.8 Å². The van der Waals surface area contributed by atoms with Crippen LogP contribution in [0.25, 0.3) is 0 Å². The Hall–Kier alpha value is -2.74. The van der Waals surface area contributed by atoms with E-state index in [1.165, 1.54) is 6.33 Å². The molecule has 1 fully saturated rings. The van der Waals surface area contributed by atoms with Gasteiger partial charge in [-0.15, -0.1) is 0 Å². The normalized spacial score (nSPS) is 14.3. The molecule has 1 saturated heterocycles. The summed E-state index contributed by atoms with van der Waals surface area (Å²) in [4.78, 5) is 10.7. The van der Waals surface area contributed by atoms with Gasteiger partial charge >= 0.3 is 0 Å². The van der Waals surface area contributed by atoms with Crippen LogP contribution in [0.5, 0.6) is 11.5 Å². The number of nitrogens with one attached hydrogen (secondary N) is 1. The number of ether oxygens (including phenoxy) is 3. The maximum Gasteiger partial charge on any atom is 0.159 e. The highest BCUT2D eigenvalue weighted by molar-refractivity contribution is 5.80. The second kappa shape index (κ2) is 7.22. The van der Waals surface area contributed by atoms with Crippen LogP contribution < -0.4 is 25.4 Å². The van der Waals surface area contributed by atoms with Crippen molar-refractivity contribution in [3.05, 3.63) is 24.5 Å². The lowest BCUT2D eigenvalue weighted by atomic mass is 10.2. The molecule has 8 nitrogen and oxygen atoms in total. The number of benzene rings is 1. The summed E-state index contributed by atoms with van der Waals surface area (Å²) < 4.78 is 16.0. The Morgan fingerprint density at radius 1 is 1.17 bits per heavy atom. The van der Waals surface area contributed by atoms with E-state index >= 15 is 0 Å². The highest BCUT2D eigenvalue weighted by Crippen LogP contribution is 2.34. The predicted octanol–water partition coefficient (Wildman–Crippen LogP) is 1.66. The van der Waals surface area contributed by atoms with Crippen LogP contribution in [-0.4, -0.2) is 50.5 Å². The van der Waals surface area contributed by atoms with Gasteiger partial charge in [0.1, 0.15) is 23.5 Å². The van der Waals surface area contributed by atoms with Crippen molar-refractivity contribution in [2.24, 2.45) is 0 Å². The lowest BCUT2D eigenvalue weighted by molar-refractivity contribution is 0.122. The van der Waals surface area contributed by atoms with Gasteiger partial charge in [-0.2, -0.15) is 0 Å². The van der Waals surface area contributed by atoms with Gasteiger partial charge in [0.2, 0.25) is 0 Å². The van der Waals surface area contributed by atoms with E-state index in [-0.39, 0.29) is 0 Å². The van der Waals surface area contributed by atoms with E-state index in [1.807, 2.05) is 18.2 Å². The number of aromatic nitrogens is 2. The third kappa shape index (κ3) is 3.28. The molecular formula is C16H21N5O3. The van der Waals surface area contributed by atoms with E-state index in [0.717, 1.165) is 18.8 Å². The van der Waals surface area contributed by atoms with Crippen LogP contribution in [0.3, 0.4) is 0 Å². The molecule has 1 aliphatic heterocycles. The maximum absolute atomic E-state index is 6.28. The summed E-state index contributed by atoms with van der Waals surface area (Å²) in [5, 5.41) is 3.21. The fourth-order valence-electron chi connectivity index (χ4n) is 2.55. The van der Waals surface area contributed by atoms with Gasteiger partial charge in [0.25, 0.3) is 0 Å². The summed E-state index contributed by atoms with van der Waals surface area (Å²) in [5.74, 6) is 2.61. The standard InChI is InChI=1S/C16H21N5O3/c1-22-11-3-4-13(23-2)12(9-11)20-15-14(17)16(19-10-18-15)21-5-7-24-8-6-21/h3-4,9-10H,5-8,17H2,1-2H3,(H,18,19,20). The largest absolute Gasteiger partial charge is 0.497 e. The van der Waals surface area contributed by atoms with Gasteiger partial charge in [-0.1, -0.05) is 0 Å². The first-order valence-corrected chi connectivity index (χ1v) is 7.65. The van der Waals surface area contributed by atoms with Crippen LogP contribution >= 0.6 is 0 Å². The molecule has 0 unspecified atom stereocenters. The molecule has 0 bridgehead atoms. The van der Waals surface area contributed by atoms with Crippen LogP contribution in [0.15, 0.2) is 24.5 Å². The molecule has 24 heavy (non-hydrogen) atoms. The highest BCUT2D eigenvalue weighted by atomic mass is 16.5. The molecule has 128 valence electrons. The van der Waals surface area contributed by atoms with Gasteiger partial charge in [-0.25, -0.2) is 9.97 Å². The quantitative estimate of drug-likeness (QED) is 0.854. The average Bonchev–Trinajstić information content (AvgIpc) is 2.64. The molecule has 1 aromatic heterocycles. The number of hydrogen-bond acceptors (Lipinski definition) is 8. The Morgan fingerprint density at radius 3 is 2.67 bits per heavy atom. The molecule has 0 radical (unpaired) electrons. The van der Waals surface area contributed by atoms with Crippen molar-refractivity contribution in [1.29, 1.82) is 0 Å². The van der Waals surface area contributed by atoms with E-state index in [4.69, 9.17) is 19.9 Å². The molecule has 1 aliphatic rings. The zero-order chi connectivity index (χ0) is 16.9. The first-order chi connectivity index (χ1) is 11.7. The van der Waals surface area contributed by atoms with Crippen molar-refractivity contribution in [2.45, 2.75) is 0 Å². The van der Waals surface area contributed by atoms with Crippen LogP contribution in [0.1, 0.15) is 0 Å². The Kier molecular flexibility index (Phi) is 4.85. The summed E-state index contributed by atoms with van der Waals surface area (Å²) in [6.07, 6.45) is 1.50. The van der Waals surface area contributed by atoms with Gasteiger partial charge in [-0.3, -0.25) is 0 Å². The first kappa shape index (κ1) is 16.1. The minimum atomic E-state index is 0.490. The number of nitrogen functional groups attached to an aromatic ring is 1. The molecule has 8 heteroatoms. The Bertz CT molecular complexity index is 704. The molecule has 0 saturated carbocycles. The van der Waals surface area contributed by atoms with Crippen molar-refractivity contribution in [1.82, 2.24) is 9.97 Å². The van der Waals surface area contributed by atoms with E-state index in [9.17, 15) is 0 Å². The Labute approximate surface area is 140 Å². The third-order valence-corrected chi connectivity index (χ3v) is 3.83. The average molecular weight is 331 g/mol. The van der Waals surface area contributed by atoms with Gasteiger partial charge in [0.05, 0.1) is 33.1 Å². The molecule has 2 aromatic rings. The van der Waals surface area contributed by atoms with Crippen molar-refractivity contribution < 1.29 is 14.2 Å². The monoisotopic (exact) mass is 331 g/mol. The lowest BCUT2D eigenvalue weighted by Crippen LogP contribution is -2.37. The third-order valence-electron chi connectivity index (χ3n) is 3.83. The summed E-state index contributed by atoms with van der Waals surface area (Å²) in [7, 11) is 3.22. The van der Waals surface area contributed by atoms with Gasteiger partial charge < -0.3 is 30.2 Å². The number of rotatable bonds is 5. The number of methoxy groups -OCH3 is 2. The molecule has 3 N–H and O–H groups in total. The summed E-state index contributed by atoms with van der Waals surface area (Å²) in [6.45, 7) is 2.83. The van der Waals surface area contributed by atoms with E-state index < -0.39 is 0 Å². The minimum Gasteiger partial charge on any atom is -0.497 e. The molecule has 0 atom stereocenters. The van der Waals surface area contributed by atoms with Crippen molar-refractivity contribution in [2.75, 3.05) is 56.5 Å². The fourth-order valence-corrected chi connectivity index (χ4v) is 2.55. The lowest BCUT2D eigenvalue weighted by Gasteiger charge is -2.29. The van der Waals surface area contributed by atoms with E-state index in [2.05, 4.69) is 20.2 Å². The van der Waals surface area contributed by atoms with E-state index in [1.54, 1.807) is 14.2 Å². The second-order valence-corrected chi connectivity index (χ2v) is 5.25. The van der Waals surface area contributed by atoms with Crippen molar-refractivity contribution in [3.63, 3.8) is 0 Å². The number of nitrogens with zero attached hydrogens (tertiary/aromatic N) is 3. The summed E-state index contributed by atoms with van der Waals surface area (Å²) in [6, 6.07) is 5.47. The summed E-state index contributed by atoms with van der Waals surface area (Å²) >= 11 is 0. The highest BCUT2D eigenvalue weighted by Gasteiger charge is 2.18. The fraction of sp³-hybridized carbons (Fsp3) is 0.375. The Balaban J connectivity index is 1.90. The van der Waals surface area contributed by atoms with Gasteiger partial charge in [0, 0.05) is 19.2 Å². The number of nitrogens with two attached hydrogens (primary N) is 1. The first-order valence-electron chi connectivity index (χ1n) is 7.65. The number of anilines is 4. The number of hydrogen-bond donors (Lipinski definition) is 2. The van der Waals surface area contributed by atoms with Crippen LogP contribution in [0.2, 0.25) is 0 Å². The van der Waals surface area contributed by atoms with Crippen molar-refractivity contribution >= 4 is 23.0 Å². The molecule has 0 spiro atoms. The molecule has 3 rings (SSSR count). The molecule has 0 aliphatic carbocycles. The zero-order valence-corrected chi connectivity index (χ0v) is 13.8. The molecule has 1 aromatic carbocycles. The smallest absolute Gasteiger partial charge is 0.159 e. The van der Waals surface area contributed by atoms with Crippen LogP contribution in [-0.2, 0) is 4.74 Å². The zero-order valence-electron chi connectivity index (χ0n) is 13.8. The predicted molar refractivity (Wildman–Crippen MR) is 92.3 cm³/mol. The second-order valence-electron chi connectivity index (χ2n) is 5.25. The van der Waals surface area contributed by atoms with Crippen molar-refractivity contribution in [3.8, 4) is 11.5 Å². The van der Waals surface area contributed by atoms with Crippen LogP contribution in [0.4, 0.5) is 23.0 Å². The molecule has 2 heterocycles. The van der Waals surface area contributed by atoms with Gasteiger partial charge in [0.15, 0.2) is 11.6 Å². The molecular weight excluding hydrogens is 310 g/mol. The van der Waals surface area contributed by atoms with Crippen LogP contribution in [0, 0.1) is 0 Å². The van der Waals surface area contributed by atoms with Gasteiger partial charge in [-0.05, 0) is 12.1 Å². The number of morpholine rings is 1. The Morgan fingerprint density at radius 2 is 1.96 bits per heavy atom. The SMILES string of the molecule is COc1ccc(OC)c(Nc2ncnc(N3CCOCC3)c2N)c1. The van der Waals surface area contributed by atoms with E-state index in [0.29, 0.717) is 42.0 Å². The molecule has 0 amide bonds.